The minimum absolute atomic E-state index is 0.0328. The highest BCUT2D eigenvalue weighted by Crippen LogP contribution is 2.20. The summed E-state index contributed by atoms with van der Waals surface area (Å²) in [7, 11) is -1.80. The molecular formula is C21H27N3O3S. The van der Waals surface area contributed by atoms with Gasteiger partial charge in [-0.05, 0) is 42.7 Å². The van der Waals surface area contributed by atoms with Gasteiger partial charge in [0.25, 0.3) is 0 Å². The van der Waals surface area contributed by atoms with Crippen LogP contribution >= 0.6 is 0 Å². The third-order valence-electron chi connectivity index (χ3n) is 5.33. The minimum Gasteiger partial charge on any atom is -0.344 e. The maximum atomic E-state index is 13.1. The second kappa shape index (κ2) is 8.41. The maximum Gasteiger partial charge on any atom is 0.227 e. The Hall–Kier alpha value is -2.25. The van der Waals surface area contributed by atoms with Crippen molar-refractivity contribution >= 4 is 15.9 Å². The van der Waals surface area contributed by atoms with Crippen molar-refractivity contribution in [2.75, 3.05) is 26.7 Å². The van der Waals surface area contributed by atoms with Gasteiger partial charge in [0.2, 0.25) is 15.9 Å². The van der Waals surface area contributed by atoms with Crippen molar-refractivity contribution in [1.82, 2.24) is 14.2 Å². The lowest BCUT2D eigenvalue weighted by Crippen LogP contribution is -2.38. The zero-order valence-electron chi connectivity index (χ0n) is 16.6. The van der Waals surface area contributed by atoms with Gasteiger partial charge in [-0.3, -0.25) is 9.78 Å². The van der Waals surface area contributed by atoms with Gasteiger partial charge in [0.1, 0.15) is 0 Å². The van der Waals surface area contributed by atoms with Gasteiger partial charge in [0.05, 0.1) is 11.7 Å². The normalized spacial score (nSPS) is 18.9. The average molecular weight is 402 g/mol. The van der Waals surface area contributed by atoms with Crippen molar-refractivity contribution in [3.8, 4) is 0 Å². The number of carbonyl (C=O) groups excluding carboxylic acids is 1. The number of benzene rings is 1. The molecule has 1 aromatic carbocycles. The molecule has 1 aliphatic heterocycles. The van der Waals surface area contributed by atoms with Gasteiger partial charge < -0.3 is 4.90 Å². The van der Waals surface area contributed by atoms with Crippen LogP contribution in [0.4, 0.5) is 0 Å². The van der Waals surface area contributed by atoms with Crippen molar-refractivity contribution in [2.45, 2.75) is 26.0 Å². The number of likely N-dealkylation sites (N-methyl/N-ethyl adjacent to an activating group) is 1. The van der Waals surface area contributed by atoms with E-state index in [-0.39, 0.29) is 18.2 Å². The first-order valence-corrected chi connectivity index (χ1v) is 11.1. The number of sulfonamides is 1. The molecule has 1 amide bonds. The molecule has 28 heavy (non-hydrogen) atoms. The molecule has 7 heteroatoms. The van der Waals surface area contributed by atoms with Gasteiger partial charge in [0, 0.05) is 45.0 Å². The van der Waals surface area contributed by atoms with Crippen LogP contribution in [0, 0.1) is 19.8 Å². The Labute approximate surface area is 167 Å². The van der Waals surface area contributed by atoms with Gasteiger partial charge in [-0.15, -0.1) is 0 Å². The Bertz CT molecular complexity index is 945. The number of amides is 1. The molecule has 0 N–H and O–H groups in total. The highest BCUT2D eigenvalue weighted by Gasteiger charge is 2.34. The van der Waals surface area contributed by atoms with Crippen LogP contribution in [-0.2, 0) is 27.0 Å². The Morgan fingerprint density at radius 3 is 2.57 bits per heavy atom. The smallest absolute Gasteiger partial charge is 0.227 e. The monoisotopic (exact) mass is 401 g/mol. The molecule has 0 aliphatic carbocycles. The zero-order chi connectivity index (χ0) is 20.3. The minimum atomic E-state index is -3.53. The fourth-order valence-corrected chi connectivity index (χ4v) is 5.02. The summed E-state index contributed by atoms with van der Waals surface area (Å²) in [5, 5.41) is 0. The van der Waals surface area contributed by atoms with E-state index in [2.05, 4.69) is 4.98 Å². The first kappa shape index (κ1) is 20.5. The summed E-state index contributed by atoms with van der Waals surface area (Å²) in [6.45, 7) is 4.88. The second-order valence-corrected chi connectivity index (χ2v) is 9.48. The van der Waals surface area contributed by atoms with Crippen molar-refractivity contribution in [3.05, 3.63) is 65.0 Å². The standard InChI is InChI=1S/C21H27N3O3S/c1-16-7-8-18(12-17(16)2)15-28(26,27)24-11-10-23(3)21(25)19(14-24)13-20-6-4-5-9-22-20/h4-9,12,19H,10-11,13-15H2,1-3H3. The summed E-state index contributed by atoms with van der Waals surface area (Å²) in [6.07, 6.45) is 2.12. The predicted molar refractivity (Wildman–Crippen MR) is 109 cm³/mol. The Kier molecular flexibility index (Phi) is 6.15. The predicted octanol–water partition coefficient (Wildman–Crippen LogP) is 2.16. The first-order chi connectivity index (χ1) is 13.3. The van der Waals surface area contributed by atoms with E-state index in [1.54, 1.807) is 18.1 Å². The largest absolute Gasteiger partial charge is 0.344 e. The van der Waals surface area contributed by atoms with Crippen LogP contribution in [0.25, 0.3) is 0 Å². The molecule has 1 aliphatic rings. The number of hydrogen-bond acceptors (Lipinski definition) is 4. The molecule has 1 unspecified atom stereocenters. The first-order valence-electron chi connectivity index (χ1n) is 9.45. The van der Waals surface area contributed by atoms with Crippen LogP contribution in [0.5, 0.6) is 0 Å². The summed E-state index contributed by atoms with van der Waals surface area (Å²) in [5.41, 5.74) is 3.78. The molecule has 1 saturated heterocycles. The summed E-state index contributed by atoms with van der Waals surface area (Å²) in [5.74, 6) is -0.519. The van der Waals surface area contributed by atoms with Gasteiger partial charge >= 0.3 is 0 Å². The van der Waals surface area contributed by atoms with Crippen LogP contribution in [0.2, 0.25) is 0 Å². The fraction of sp³-hybridized carbons (Fsp3) is 0.429. The molecule has 3 rings (SSSR count). The molecule has 0 radical (unpaired) electrons. The van der Waals surface area contributed by atoms with Crippen LogP contribution < -0.4 is 0 Å². The lowest BCUT2D eigenvalue weighted by Gasteiger charge is -2.23. The van der Waals surface area contributed by atoms with E-state index in [1.165, 1.54) is 4.31 Å². The number of aryl methyl sites for hydroxylation is 2. The molecular weight excluding hydrogens is 374 g/mol. The van der Waals surface area contributed by atoms with Crippen LogP contribution in [-0.4, -0.2) is 55.2 Å². The molecule has 150 valence electrons. The number of nitrogens with zero attached hydrogens (tertiary/aromatic N) is 3. The van der Waals surface area contributed by atoms with E-state index < -0.39 is 15.9 Å². The summed E-state index contributed by atoms with van der Waals surface area (Å²) in [6, 6.07) is 11.3. The lowest BCUT2D eigenvalue weighted by atomic mass is 10.0. The molecule has 0 saturated carbocycles. The number of rotatable bonds is 5. The van der Waals surface area contributed by atoms with Crippen molar-refractivity contribution in [1.29, 1.82) is 0 Å². The molecule has 0 spiro atoms. The van der Waals surface area contributed by atoms with Crippen LogP contribution in [0.1, 0.15) is 22.4 Å². The summed E-state index contributed by atoms with van der Waals surface area (Å²) in [4.78, 5) is 18.7. The topological polar surface area (TPSA) is 70.6 Å². The van der Waals surface area contributed by atoms with Crippen molar-refractivity contribution < 1.29 is 13.2 Å². The van der Waals surface area contributed by atoms with E-state index in [1.807, 2.05) is 50.2 Å². The van der Waals surface area contributed by atoms with E-state index in [4.69, 9.17) is 0 Å². The van der Waals surface area contributed by atoms with Crippen molar-refractivity contribution in [3.63, 3.8) is 0 Å². The van der Waals surface area contributed by atoms with E-state index in [0.29, 0.717) is 19.5 Å². The SMILES string of the molecule is Cc1ccc(CS(=O)(=O)N2CCN(C)C(=O)C(Cc3ccccn3)C2)cc1C. The zero-order valence-corrected chi connectivity index (χ0v) is 17.4. The molecule has 2 aromatic rings. The van der Waals surface area contributed by atoms with E-state index in [0.717, 1.165) is 22.4 Å². The number of aromatic nitrogens is 1. The molecule has 1 atom stereocenters. The molecule has 1 fully saturated rings. The van der Waals surface area contributed by atoms with Gasteiger partial charge in [-0.1, -0.05) is 24.3 Å². The van der Waals surface area contributed by atoms with Crippen LogP contribution in [0.3, 0.4) is 0 Å². The fourth-order valence-electron chi connectivity index (χ4n) is 3.47. The van der Waals surface area contributed by atoms with Gasteiger partial charge in [-0.2, -0.15) is 4.31 Å². The van der Waals surface area contributed by atoms with Crippen LogP contribution in [0.15, 0.2) is 42.6 Å². The Balaban J connectivity index is 1.81. The third kappa shape index (κ3) is 4.77. The lowest BCUT2D eigenvalue weighted by molar-refractivity contribution is -0.133. The highest BCUT2D eigenvalue weighted by molar-refractivity contribution is 7.88. The van der Waals surface area contributed by atoms with Gasteiger partial charge in [0.15, 0.2) is 0 Å². The maximum absolute atomic E-state index is 13.1. The van der Waals surface area contributed by atoms with E-state index in [9.17, 15) is 13.2 Å². The Morgan fingerprint density at radius 2 is 1.89 bits per heavy atom. The number of hydrogen-bond donors (Lipinski definition) is 0. The van der Waals surface area contributed by atoms with E-state index >= 15 is 0 Å². The Morgan fingerprint density at radius 1 is 1.11 bits per heavy atom. The summed E-state index contributed by atoms with van der Waals surface area (Å²) >= 11 is 0. The molecule has 6 nitrogen and oxygen atoms in total. The quantitative estimate of drug-likeness (QED) is 0.770. The van der Waals surface area contributed by atoms with Gasteiger partial charge in [-0.25, -0.2) is 8.42 Å². The molecule has 0 bridgehead atoms. The average Bonchev–Trinajstić information content (AvgIpc) is 2.79. The summed E-state index contributed by atoms with van der Waals surface area (Å²) < 4.78 is 27.7. The third-order valence-corrected chi connectivity index (χ3v) is 7.15. The number of pyridine rings is 1. The molecule has 1 aromatic heterocycles. The second-order valence-electron chi connectivity index (χ2n) is 7.51. The molecule has 2 heterocycles. The van der Waals surface area contributed by atoms with Crippen molar-refractivity contribution in [2.24, 2.45) is 5.92 Å². The number of carbonyl (C=O) groups is 1. The highest BCUT2D eigenvalue weighted by atomic mass is 32.2.